The van der Waals surface area contributed by atoms with Gasteiger partial charge in [-0.15, -0.1) is 0 Å². The Morgan fingerprint density at radius 1 is 1.24 bits per heavy atom. The first-order chi connectivity index (χ1) is 12.1. The molecule has 7 nitrogen and oxygen atoms in total. The minimum Gasteiger partial charge on any atom is -0.465 e. The summed E-state index contributed by atoms with van der Waals surface area (Å²) in [5.41, 5.74) is 2.24. The molecule has 3 heterocycles. The van der Waals surface area contributed by atoms with E-state index in [2.05, 4.69) is 15.1 Å². The molecule has 0 unspecified atom stereocenters. The van der Waals surface area contributed by atoms with Crippen molar-refractivity contribution in [2.45, 2.75) is 19.9 Å². The average molecular weight is 336 g/mol. The predicted octanol–water partition coefficient (Wildman–Crippen LogP) is 3.72. The van der Waals surface area contributed by atoms with Gasteiger partial charge in [-0.25, -0.2) is 4.79 Å². The fourth-order valence-electron chi connectivity index (χ4n) is 2.74. The van der Waals surface area contributed by atoms with Crippen LogP contribution in [-0.2, 0) is 0 Å². The second kappa shape index (κ2) is 5.94. The number of H-pyrrole nitrogens is 1. The highest BCUT2D eigenvalue weighted by atomic mass is 16.5. The number of nitrogens with one attached hydrogen (secondary N) is 1. The monoisotopic (exact) mass is 336 g/mol. The van der Waals surface area contributed by atoms with Crippen LogP contribution in [0.5, 0.6) is 0 Å². The van der Waals surface area contributed by atoms with Crippen molar-refractivity contribution in [3.63, 3.8) is 0 Å². The Balaban J connectivity index is 1.67. The third-order valence-electron chi connectivity index (χ3n) is 3.87. The van der Waals surface area contributed by atoms with Gasteiger partial charge in [-0.3, -0.25) is 4.57 Å². The molecule has 4 aromatic rings. The van der Waals surface area contributed by atoms with Gasteiger partial charge >= 0.3 is 5.69 Å². The Morgan fingerprint density at radius 2 is 2.12 bits per heavy atom. The van der Waals surface area contributed by atoms with Gasteiger partial charge < -0.3 is 13.9 Å². The Morgan fingerprint density at radius 3 is 2.88 bits per heavy atom. The second-order valence-electron chi connectivity index (χ2n) is 5.93. The van der Waals surface area contributed by atoms with Crippen LogP contribution < -0.4 is 5.69 Å². The summed E-state index contributed by atoms with van der Waals surface area (Å²) in [4.78, 5) is 19.3. The zero-order valence-corrected chi connectivity index (χ0v) is 13.8. The summed E-state index contributed by atoms with van der Waals surface area (Å²) >= 11 is 0. The molecule has 0 spiro atoms. The van der Waals surface area contributed by atoms with Crippen LogP contribution in [0.25, 0.3) is 34.6 Å². The fraction of sp³-hybridized carbons (Fsp3) is 0.167. The quantitative estimate of drug-likeness (QED) is 0.613. The van der Waals surface area contributed by atoms with Crippen molar-refractivity contribution < 1.29 is 8.94 Å². The molecule has 0 atom stereocenters. The number of hydrogen-bond donors (Lipinski definition) is 1. The summed E-state index contributed by atoms with van der Waals surface area (Å²) in [7, 11) is 0. The largest absolute Gasteiger partial charge is 0.465 e. The van der Waals surface area contributed by atoms with Crippen molar-refractivity contribution in [1.82, 2.24) is 19.7 Å². The first-order valence-electron chi connectivity index (χ1n) is 7.92. The van der Waals surface area contributed by atoms with Gasteiger partial charge in [-0.05, 0) is 50.3 Å². The molecule has 1 N–H and O–H groups in total. The summed E-state index contributed by atoms with van der Waals surface area (Å²) in [6.07, 6.45) is 5.03. The number of rotatable bonds is 4. The third kappa shape index (κ3) is 2.80. The number of aromatic nitrogens is 4. The molecule has 0 aliphatic heterocycles. The predicted molar refractivity (Wildman–Crippen MR) is 93.9 cm³/mol. The Labute approximate surface area is 142 Å². The molecular formula is C18H16N4O3. The summed E-state index contributed by atoms with van der Waals surface area (Å²) in [6, 6.07) is 9.32. The standard InChI is InChI=1S/C18H16N4O3/c1-11(2)22-15-7-5-12(10-14(15)19-18(22)23)17-20-16(25-21-17)8-6-13-4-3-9-24-13/h3-11H,1-2H3,(H,19,23)/b8-6+. The number of aromatic amines is 1. The lowest BCUT2D eigenvalue weighted by Crippen LogP contribution is -2.18. The van der Waals surface area contributed by atoms with Crippen LogP contribution in [0, 0.1) is 0 Å². The lowest BCUT2D eigenvalue weighted by Gasteiger charge is -2.06. The van der Waals surface area contributed by atoms with Crippen molar-refractivity contribution >= 4 is 23.2 Å². The molecule has 126 valence electrons. The van der Waals surface area contributed by atoms with Gasteiger partial charge in [0.05, 0.1) is 17.3 Å². The number of imidazole rings is 1. The topological polar surface area (TPSA) is 89.9 Å². The van der Waals surface area contributed by atoms with Gasteiger partial charge in [-0.1, -0.05) is 5.16 Å². The number of benzene rings is 1. The first kappa shape index (κ1) is 15.2. The molecule has 0 amide bonds. The minimum absolute atomic E-state index is 0.0793. The van der Waals surface area contributed by atoms with Crippen LogP contribution in [0.1, 0.15) is 31.5 Å². The van der Waals surface area contributed by atoms with E-state index in [0.717, 1.165) is 16.6 Å². The van der Waals surface area contributed by atoms with Crippen LogP contribution in [0.4, 0.5) is 0 Å². The molecule has 0 fully saturated rings. The van der Waals surface area contributed by atoms with Gasteiger partial charge in [0.1, 0.15) is 5.76 Å². The second-order valence-corrected chi connectivity index (χ2v) is 5.93. The van der Waals surface area contributed by atoms with Gasteiger partial charge in [0.2, 0.25) is 5.82 Å². The molecule has 1 aromatic carbocycles. The summed E-state index contributed by atoms with van der Waals surface area (Å²) < 4.78 is 12.2. The number of furan rings is 1. The van der Waals surface area contributed by atoms with E-state index in [0.29, 0.717) is 17.5 Å². The Hall–Kier alpha value is -3.35. The third-order valence-corrected chi connectivity index (χ3v) is 3.87. The van der Waals surface area contributed by atoms with E-state index in [1.165, 1.54) is 0 Å². The Kier molecular flexibility index (Phi) is 3.61. The maximum absolute atomic E-state index is 12.1. The zero-order chi connectivity index (χ0) is 17.4. The molecule has 0 radical (unpaired) electrons. The molecule has 25 heavy (non-hydrogen) atoms. The van der Waals surface area contributed by atoms with E-state index >= 15 is 0 Å². The lowest BCUT2D eigenvalue weighted by molar-refractivity contribution is 0.411. The molecule has 3 aromatic heterocycles. The van der Waals surface area contributed by atoms with E-state index in [4.69, 9.17) is 8.94 Å². The zero-order valence-electron chi connectivity index (χ0n) is 13.8. The highest BCUT2D eigenvalue weighted by Gasteiger charge is 2.13. The maximum atomic E-state index is 12.1. The van der Waals surface area contributed by atoms with Crippen LogP contribution in [-0.4, -0.2) is 19.7 Å². The smallest absolute Gasteiger partial charge is 0.326 e. The van der Waals surface area contributed by atoms with Gasteiger partial charge in [0, 0.05) is 17.7 Å². The minimum atomic E-state index is -0.127. The summed E-state index contributed by atoms with van der Waals surface area (Å²) in [5, 5.41) is 3.99. The molecule has 0 bridgehead atoms. The van der Waals surface area contributed by atoms with E-state index < -0.39 is 0 Å². The number of fused-ring (bicyclic) bond motifs is 1. The van der Waals surface area contributed by atoms with E-state index in [1.807, 2.05) is 38.1 Å². The van der Waals surface area contributed by atoms with E-state index in [9.17, 15) is 4.79 Å². The van der Waals surface area contributed by atoms with Crippen molar-refractivity contribution in [2.75, 3.05) is 0 Å². The van der Waals surface area contributed by atoms with Crippen molar-refractivity contribution in [3.05, 3.63) is 58.7 Å². The fourth-order valence-corrected chi connectivity index (χ4v) is 2.74. The highest BCUT2D eigenvalue weighted by Crippen LogP contribution is 2.22. The molecule has 0 saturated carbocycles. The molecule has 4 rings (SSSR count). The summed E-state index contributed by atoms with van der Waals surface area (Å²) in [5.74, 6) is 1.53. The lowest BCUT2D eigenvalue weighted by atomic mass is 10.2. The SMILES string of the molecule is CC(C)n1c(=O)[nH]c2cc(-c3noc(/C=C/c4ccco4)n3)ccc21. The van der Waals surface area contributed by atoms with Crippen LogP contribution in [0.3, 0.4) is 0 Å². The molecular weight excluding hydrogens is 320 g/mol. The number of nitrogens with zero attached hydrogens (tertiary/aromatic N) is 3. The van der Waals surface area contributed by atoms with E-state index in [-0.39, 0.29) is 11.7 Å². The van der Waals surface area contributed by atoms with Crippen LogP contribution in [0.2, 0.25) is 0 Å². The van der Waals surface area contributed by atoms with Gasteiger partial charge in [-0.2, -0.15) is 4.98 Å². The Bertz CT molecular complexity index is 1100. The number of hydrogen-bond acceptors (Lipinski definition) is 5. The van der Waals surface area contributed by atoms with Crippen molar-refractivity contribution in [2.24, 2.45) is 0 Å². The van der Waals surface area contributed by atoms with E-state index in [1.54, 1.807) is 29.0 Å². The van der Waals surface area contributed by atoms with Crippen molar-refractivity contribution in [1.29, 1.82) is 0 Å². The maximum Gasteiger partial charge on any atom is 0.326 e. The van der Waals surface area contributed by atoms with Gasteiger partial charge in [0.15, 0.2) is 0 Å². The average Bonchev–Trinajstić information content (AvgIpc) is 3.31. The van der Waals surface area contributed by atoms with Gasteiger partial charge in [0.25, 0.3) is 5.89 Å². The first-order valence-corrected chi connectivity index (χ1v) is 7.92. The van der Waals surface area contributed by atoms with Crippen LogP contribution >= 0.6 is 0 Å². The molecule has 0 aliphatic carbocycles. The molecule has 0 saturated heterocycles. The molecule has 0 aliphatic rings. The summed E-state index contributed by atoms with van der Waals surface area (Å²) in [6.45, 7) is 3.94. The van der Waals surface area contributed by atoms with Crippen molar-refractivity contribution in [3.8, 4) is 11.4 Å². The normalized spacial score (nSPS) is 12.0. The highest BCUT2D eigenvalue weighted by molar-refractivity contribution is 5.80. The molecule has 7 heteroatoms. The van der Waals surface area contributed by atoms with Crippen LogP contribution in [0.15, 0.2) is 50.3 Å².